The van der Waals surface area contributed by atoms with Crippen molar-refractivity contribution in [3.63, 3.8) is 0 Å². The molecule has 0 spiro atoms. The maximum Gasteiger partial charge on any atom is 0.442 e. The summed E-state index contributed by atoms with van der Waals surface area (Å²) in [4.78, 5) is 10.3. The smallest absolute Gasteiger partial charge is 0.251 e. The van der Waals surface area contributed by atoms with Gasteiger partial charge in [-0.05, 0) is 13.3 Å². The lowest BCUT2D eigenvalue weighted by Crippen LogP contribution is -2.45. The molecule has 0 aliphatic rings. The zero-order chi connectivity index (χ0) is 7.49. The summed E-state index contributed by atoms with van der Waals surface area (Å²) in [6, 6.07) is 0.377. The van der Waals surface area contributed by atoms with Crippen LogP contribution < -0.4 is 0 Å². The van der Waals surface area contributed by atoms with Gasteiger partial charge in [0.2, 0.25) is 0 Å². The van der Waals surface area contributed by atoms with E-state index in [9.17, 15) is 4.79 Å². The molecular formula is C7H15NO+. The van der Waals surface area contributed by atoms with Crippen molar-refractivity contribution in [3.05, 3.63) is 0 Å². The molecule has 0 bridgehead atoms. The van der Waals surface area contributed by atoms with Crippen molar-refractivity contribution in [2.24, 2.45) is 0 Å². The quantitative estimate of drug-likeness (QED) is 0.518. The highest BCUT2D eigenvalue weighted by molar-refractivity contribution is 5.38. The molecule has 0 saturated carbocycles. The van der Waals surface area contributed by atoms with Crippen molar-refractivity contribution in [2.75, 3.05) is 14.1 Å². The van der Waals surface area contributed by atoms with Crippen LogP contribution in [-0.4, -0.2) is 31.0 Å². The molecule has 1 atom stereocenters. The van der Waals surface area contributed by atoms with Crippen LogP contribution in [0.2, 0.25) is 0 Å². The fourth-order valence-corrected chi connectivity index (χ4v) is 0.546. The molecular weight excluding hydrogens is 114 g/mol. The average molecular weight is 129 g/mol. The van der Waals surface area contributed by atoms with Crippen LogP contribution in [0.3, 0.4) is 0 Å². The van der Waals surface area contributed by atoms with Gasteiger partial charge in [0.25, 0.3) is 0 Å². The van der Waals surface area contributed by atoms with Crippen LogP contribution in [0.25, 0.3) is 0 Å². The van der Waals surface area contributed by atoms with E-state index in [1.165, 1.54) is 0 Å². The van der Waals surface area contributed by atoms with Crippen LogP contribution in [0.15, 0.2) is 0 Å². The first-order chi connectivity index (χ1) is 4.04. The van der Waals surface area contributed by atoms with Gasteiger partial charge in [0.1, 0.15) is 0 Å². The summed E-state index contributed by atoms with van der Waals surface area (Å²) in [6.07, 6.45) is 3.00. The van der Waals surface area contributed by atoms with E-state index < -0.39 is 0 Å². The maximum absolute atomic E-state index is 10.3. The van der Waals surface area contributed by atoms with Crippen molar-refractivity contribution < 1.29 is 9.28 Å². The molecule has 0 aliphatic carbocycles. The third kappa shape index (κ3) is 2.14. The van der Waals surface area contributed by atoms with Gasteiger partial charge < -0.3 is 0 Å². The molecule has 0 N–H and O–H groups in total. The zero-order valence-electron chi connectivity index (χ0n) is 6.64. The Labute approximate surface area is 57.1 Å². The molecule has 0 heterocycles. The van der Waals surface area contributed by atoms with Crippen LogP contribution >= 0.6 is 0 Å². The molecule has 1 amide bonds. The minimum atomic E-state index is 0.344. The van der Waals surface area contributed by atoms with Gasteiger partial charge in [0, 0.05) is 0 Å². The first kappa shape index (κ1) is 8.63. The molecule has 1 unspecified atom stereocenters. The molecule has 0 aromatic carbocycles. The highest BCUT2D eigenvalue weighted by Crippen LogP contribution is 2.05. The third-order valence-corrected chi connectivity index (χ3v) is 1.93. The lowest BCUT2D eigenvalue weighted by atomic mass is 10.2. The molecule has 53 valence electrons. The monoisotopic (exact) mass is 129 g/mol. The molecule has 2 heteroatoms. The van der Waals surface area contributed by atoms with Gasteiger partial charge >= 0.3 is 6.41 Å². The second-order valence-corrected chi connectivity index (χ2v) is 2.89. The topological polar surface area (TPSA) is 17.1 Å². The molecule has 0 aromatic rings. The van der Waals surface area contributed by atoms with Gasteiger partial charge in [0.15, 0.2) is 0 Å². The zero-order valence-corrected chi connectivity index (χ0v) is 6.64. The molecule has 0 saturated heterocycles. The van der Waals surface area contributed by atoms with Crippen LogP contribution in [0.5, 0.6) is 0 Å². The number of amides is 1. The Morgan fingerprint density at radius 2 is 2.00 bits per heavy atom. The van der Waals surface area contributed by atoms with E-state index in [-0.39, 0.29) is 0 Å². The van der Waals surface area contributed by atoms with E-state index in [0.29, 0.717) is 10.5 Å². The van der Waals surface area contributed by atoms with E-state index in [0.717, 1.165) is 6.42 Å². The minimum Gasteiger partial charge on any atom is -0.251 e. The van der Waals surface area contributed by atoms with E-state index in [4.69, 9.17) is 0 Å². The fraction of sp³-hybridized carbons (Fsp3) is 0.857. The lowest BCUT2D eigenvalue weighted by molar-refractivity contribution is -0.822. The Morgan fingerprint density at radius 1 is 1.56 bits per heavy atom. The number of nitrogens with zero attached hydrogens (tertiary/aromatic N) is 1. The van der Waals surface area contributed by atoms with Gasteiger partial charge in [-0.25, -0.2) is 4.79 Å². The van der Waals surface area contributed by atoms with E-state index >= 15 is 0 Å². The van der Waals surface area contributed by atoms with Gasteiger partial charge in [-0.15, -0.1) is 0 Å². The van der Waals surface area contributed by atoms with E-state index in [1.54, 1.807) is 0 Å². The molecule has 0 aliphatic heterocycles. The molecule has 1 radical (unpaired) electrons. The molecule has 2 nitrogen and oxygen atoms in total. The van der Waals surface area contributed by atoms with Crippen molar-refractivity contribution in [2.45, 2.75) is 26.3 Å². The van der Waals surface area contributed by atoms with Crippen LogP contribution in [0, 0.1) is 0 Å². The molecule has 0 fully saturated rings. The largest absolute Gasteiger partial charge is 0.442 e. The van der Waals surface area contributed by atoms with Crippen LogP contribution in [0.4, 0.5) is 0 Å². The van der Waals surface area contributed by atoms with Crippen LogP contribution in [-0.2, 0) is 4.79 Å². The summed E-state index contributed by atoms with van der Waals surface area (Å²) in [5.41, 5.74) is 0. The van der Waals surface area contributed by atoms with E-state index in [2.05, 4.69) is 6.92 Å². The van der Waals surface area contributed by atoms with Crippen molar-refractivity contribution in [1.29, 1.82) is 0 Å². The second kappa shape index (κ2) is 2.97. The van der Waals surface area contributed by atoms with Crippen molar-refractivity contribution >= 4 is 6.41 Å². The Morgan fingerprint density at radius 3 is 2.11 bits per heavy atom. The third-order valence-electron chi connectivity index (χ3n) is 1.93. The normalized spacial score (nSPS) is 15.1. The van der Waals surface area contributed by atoms with Gasteiger partial charge in [-0.2, -0.15) is 0 Å². The number of carbonyl (C=O) groups excluding carboxylic acids is 1. The summed E-state index contributed by atoms with van der Waals surface area (Å²) < 4.78 is 0.344. The Hall–Kier alpha value is -0.370. The van der Waals surface area contributed by atoms with Crippen molar-refractivity contribution in [1.82, 2.24) is 0 Å². The highest BCUT2D eigenvalue weighted by atomic mass is 16.1. The standard InChI is InChI=1S/C7H15NO/c1-5-7(2)8(3,4)6-9/h7H,5H2,1-4H3/q+1. The lowest BCUT2D eigenvalue weighted by Gasteiger charge is -2.26. The summed E-state index contributed by atoms with van der Waals surface area (Å²) in [5.74, 6) is 0. The van der Waals surface area contributed by atoms with Gasteiger partial charge in [0.05, 0.1) is 20.1 Å². The number of hydrogen-bond acceptors (Lipinski definition) is 1. The SMILES string of the molecule is CCC(C)[N+](C)(C)[C]=O. The number of quaternary nitrogens is 1. The minimum absolute atomic E-state index is 0.344. The predicted octanol–water partition coefficient (Wildman–Crippen LogP) is 0.928. The maximum atomic E-state index is 10.3. The van der Waals surface area contributed by atoms with Gasteiger partial charge in [-0.3, -0.25) is 4.48 Å². The number of rotatable bonds is 3. The molecule has 0 rings (SSSR count). The summed E-state index contributed by atoms with van der Waals surface area (Å²) in [5, 5.41) is 0. The predicted molar refractivity (Wildman–Crippen MR) is 37.6 cm³/mol. The number of hydrogen-bond donors (Lipinski definition) is 0. The fourth-order valence-electron chi connectivity index (χ4n) is 0.546. The average Bonchev–Trinajstić information content (AvgIpc) is 1.86. The Kier molecular flexibility index (Phi) is 2.85. The van der Waals surface area contributed by atoms with Gasteiger partial charge in [-0.1, -0.05) is 6.92 Å². The summed E-state index contributed by atoms with van der Waals surface area (Å²) >= 11 is 0. The summed E-state index contributed by atoms with van der Waals surface area (Å²) in [7, 11) is 3.72. The molecule has 9 heavy (non-hydrogen) atoms. The van der Waals surface area contributed by atoms with Crippen LogP contribution in [0.1, 0.15) is 20.3 Å². The highest BCUT2D eigenvalue weighted by Gasteiger charge is 2.22. The first-order valence-corrected chi connectivity index (χ1v) is 3.27. The van der Waals surface area contributed by atoms with Crippen molar-refractivity contribution in [3.8, 4) is 0 Å². The van der Waals surface area contributed by atoms with E-state index in [1.807, 2.05) is 27.4 Å². The first-order valence-electron chi connectivity index (χ1n) is 3.27. The second-order valence-electron chi connectivity index (χ2n) is 2.89. The Balaban J connectivity index is 3.95. The molecule has 0 aromatic heterocycles. The Bertz CT molecular complexity index is 99.1. The summed E-state index contributed by atoms with van der Waals surface area (Å²) in [6.45, 7) is 4.12.